The molecule has 0 radical (unpaired) electrons. The molecular formula is C16H20F2N2S. The van der Waals surface area contributed by atoms with Crippen molar-refractivity contribution in [3.63, 3.8) is 0 Å². The Kier molecular flexibility index (Phi) is 4.74. The van der Waals surface area contributed by atoms with Gasteiger partial charge < -0.3 is 5.32 Å². The van der Waals surface area contributed by atoms with Crippen LogP contribution in [0.15, 0.2) is 18.2 Å². The molecule has 0 fully saturated rings. The standard InChI is InChI=1S/C16H20F2N2S/c1-5-13-14(9-19-16(2,3)4)21-15(20-13)10-6-7-11(17)12(18)8-10/h6-8,19H,5,9H2,1-4H3. The first-order valence-corrected chi connectivity index (χ1v) is 7.81. The molecule has 0 aliphatic rings. The Morgan fingerprint density at radius 2 is 1.90 bits per heavy atom. The summed E-state index contributed by atoms with van der Waals surface area (Å²) in [6, 6.07) is 3.91. The van der Waals surface area contributed by atoms with Crippen LogP contribution in [0.25, 0.3) is 10.6 Å². The van der Waals surface area contributed by atoms with Crippen molar-refractivity contribution in [3.8, 4) is 10.6 Å². The molecule has 1 heterocycles. The average molecular weight is 310 g/mol. The first-order chi connectivity index (χ1) is 9.80. The maximum absolute atomic E-state index is 13.3. The summed E-state index contributed by atoms with van der Waals surface area (Å²) in [6.07, 6.45) is 0.821. The molecule has 1 aromatic carbocycles. The van der Waals surface area contributed by atoms with Crippen molar-refractivity contribution in [2.24, 2.45) is 0 Å². The molecule has 0 saturated carbocycles. The van der Waals surface area contributed by atoms with Gasteiger partial charge in [-0.2, -0.15) is 0 Å². The van der Waals surface area contributed by atoms with E-state index in [2.05, 4.69) is 31.1 Å². The molecule has 2 aromatic rings. The molecule has 0 amide bonds. The van der Waals surface area contributed by atoms with Crippen molar-refractivity contribution in [2.45, 2.75) is 46.2 Å². The molecule has 0 saturated heterocycles. The monoisotopic (exact) mass is 310 g/mol. The molecule has 0 aliphatic carbocycles. The van der Waals surface area contributed by atoms with E-state index < -0.39 is 11.6 Å². The summed E-state index contributed by atoms with van der Waals surface area (Å²) in [4.78, 5) is 5.71. The fourth-order valence-electron chi connectivity index (χ4n) is 1.90. The summed E-state index contributed by atoms with van der Waals surface area (Å²) in [5.74, 6) is -1.67. The number of nitrogens with zero attached hydrogens (tertiary/aromatic N) is 1. The molecule has 2 nitrogen and oxygen atoms in total. The lowest BCUT2D eigenvalue weighted by molar-refractivity contribution is 0.425. The molecule has 21 heavy (non-hydrogen) atoms. The van der Waals surface area contributed by atoms with Gasteiger partial charge in [-0.25, -0.2) is 13.8 Å². The molecule has 0 unspecified atom stereocenters. The Bertz CT molecular complexity index is 630. The van der Waals surface area contributed by atoms with Gasteiger partial charge >= 0.3 is 0 Å². The van der Waals surface area contributed by atoms with Crippen molar-refractivity contribution in [1.82, 2.24) is 10.3 Å². The fraction of sp³-hybridized carbons (Fsp3) is 0.438. The zero-order chi connectivity index (χ0) is 15.6. The number of nitrogens with one attached hydrogen (secondary N) is 1. The van der Waals surface area contributed by atoms with Crippen LogP contribution in [0.4, 0.5) is 8.78 Å². The first kappa shape index (κ1) is 16.0. The van der Waals surface area contributed by atoms with Gasteiger partial charge in [0, 0.05) is 22.5 Å². The van der Waals surface area contributed by atoms with Crippen molar-refractivity contribution < 1.29 is 8.78 Å². The number of hydrogen-bond acceptors (Lipinski definition) is 3. The van der Waals surface area contributed by atoms with E-state index in [0.717, 1.165) is 34.6 Å². The Morgan fingerprint density at radius 3 is 2.48 bits per heavy atom. The predicted molar refractivity (Wildman–Crippen MR) is 83.4 cm³/mol. The maximum Gasteiger partial charge on any atom is 0.159 e. The van der Waals surface area contributed by atoms with E-state index in [-0.39, 0.29) is 5.54 Å². The largest absolute Gasteiger partial charge is 0.307 e. The lowest BCUT2D eigenvalue weighted by Gasteiger charge is -2.20. The van der Waals surface area contributed by atoms with Crippen molar-refractivity contribution in [1.29, 1.82) is 0 Å². The van der Waals surface area contributed by atoms with Crippen LogP contribution in [-0.2, 0) is 13.0 Å². The number of rotatable bonds is 4. The second-order valence-electron chi connectivity index (χ2n) is 5.97. The minimum absolute atomic E-state index is 0.0249. The van der Waals surface area contributed by atoms with Gasteiger partial charge in [-0.1, -0.05) is 6.92 Å². The lowest BCUT2D eigenvalue weighted by Crippen LogP contribution is -2.35. The van der Waals surface area contributed by atoms with E-state index in [0.29, 0.717) is 5.56 Å². The normalized spacial score (nSPS) is 11.9. The smallest absolute Gasteiger partial charge is 0.159 e. The van der Waals surface area contributed by atoms with Crippen molar-refractivity contribution >= 4 is 11.3 Å². The fourth-order valence-corrected chi connectivity index (χ4v) is 2.98. The predicted octanol–water partition coefficient (Wildman–Crippen LogP) is 4.54. The zero-order valence-corrected chi connectivity index (χ0v) is 13.6. The number of benzene rings is 1. The summed E-state index contributed by atoms with van der Waals surface area (Å²) in [6.45, 7) is 9.10. The van der Waals surface area contributed by atoms with E-state index in [4.69, 9.17) is 0 Å². The van der Waals surface area contributed by atoms with Crippen LogP contribution in [0.1, 0.15) is 38.3 Å². The van der Waals surface area contributed by atoms with Gasteiger partial charge in [0.15, 0.2) is 11.6 Å². The molecule has 2 rings (SSSR count). The van der Waals surface area contributed by atoms with Crippen LogP contribution in [0.2, 0.25) is 0 Å². The topological polar surface area (TPSA) is 24.9 Å². The van der Waals surface area contributed by atoms with Crippen LogP contribution in [0, 0.1) is 11.6 Å². The molecule has 114 valence electrons. The quantitative estimate of drug-likeness (QED) is 0.897. The van der Waals surface area contributed by atoms with E-state index in [9.17, 15) is 8.78 Å². The van der Waals surface area contributed by atoms with Crippen LogP contribution in [-0.4, -0.2) is 10.5 Å². The summed E-state index contributed by atoms with van der Waals surface area (Å²) in [7, 11) is 0. The van der Waals surface area contributed by atoms with E-state index in [1.807, 2.05) is 6.92 Å². The number of thiazole rings is 1. The highest BCUT2D eigenvalue weighted by Gasteiger charge is 2.15. The Balaban J connectivity index is 2.29. The minimum atomic E-state index is -0.838. The highest BCUT2D eigenvalue weighted by atomic mass is 32.1. The average Bonchev–Trinajstić information content (AvgIpc) is 2.82. The third-order valence-corrected chi connectivity index (χ3v) is 4.21. The second kappa shape index (κ2) is 6.20. The number of halogens is 2. The van der Waals surface area contributed by atoms with E-state index >= 15 is 0 Å². The summed E-state index contributed by atoms with van der Waals surface area (Å²) in [5, 5.41) is 4.17. The van der Waals surface area contributed by atoms with Gasteiger partial charge in [-0.05, 0) is 45.4 Å². The van der Waals surface area contributed by atoms with Gasteiger partial charge in [0.1, 0.15) is 5.01 Å². The van der Waals surface area contributed by atoms with Gasteiger partial charge in [0.05, 0.1) is 5.69 Å². The summed E-state index contributed by atoms with van der Waals surface area (Å²) >= 11 is 1.53. The molecule has 0 spiro atoms. The maximum atomic E-state index is 13.3. The van der Waals surface area contributed by atoms with Gasteiger partial charge in [-0.3, -0.25) is 0 Å². The molecular weight excluding hydrogens is 290 g/mol. The molecule has 5 heteroatoms. The molecule has 0 atom stereocenters. The first-order valence-electron chi connectivity index (χ1n) is 6.99. The number of aryl methyl sites for hydroxylation is 1. The van der Waals surface area contributed by atoms with E-state index in [1.54, 1.807) is 6.07 Å². The Labute approximate surface area is 128 Å². The zero-order valence-electron chi connectivity index (χ0n) is 12.8. The molecule has 1 N–H and O–H groups in total. The highest BCUT2D eigenvalue weighted by molar-refractivity contribution is 7.15. The second-order valence-corrected chi connectivity index (χ2v) is 7.06. The van der Waals surface area contributed by atoms with Crippen LogP contribution >= 0.6 is 11.3 Å². The minimum Gasteiger partial charge on any atom is -0.307 e. The third-order valence-electron chi connectivity index (χ3n) is 3.06. The molecule has 0 aliphatic heterocycles. The van der Waals surface area contributed by atoms with Gasteiger partial charge in [0.25, 0.3) is 0 Å². The van der Waals surface area contributed by atoms with Crippen molar-refractivity contribution in [3.05, 3.63) is 40.4 Å². The lowest BCUT2D eigenvalue weighted by atomic mass is 10.1. The Hall–Kier alpha value is -1.33. The highest BCUT2D eigenvalue weighted by Crippen LogP contribution is 2.29. The molecule has 1 aromatic heterocycles. The van der Waals surface area contributed by atoms with Gasteiger partial charge in [0.2, 0.25) is 0 Å². The SMILES string of the molecule is CCc1nc(-c2ccc(F)c(F)c2)sc1CNC(C)(C)C. The van der Waals surface area contributed by atoms with Gasteiger partial charge in [-0.15, -0.1) is 11.3 Å². The number of hydrogen-bond donors (Lipinski definition) is 1. The summed E-state index contributed by atoms with van der Waals surface area (Å²) in [5.41, 5.74) is 1.66. The molecule has 0 bridgehead atoms. The Morgan fingerprint density at radius 1 is 1.19 bits per heavy atom. The third kappa shape index (κ3) is 4.08. The van der Waals surface area contributed by atoms with E-state index in [1.165, 1.54) is 17.4 Å². The summed E-state index contributed by atoms with van der Waals surface area (Å²) < 4.78 is 26.4. The van der Waals surface area contributed by atoms with Crippen LogP contribution in [0.3, 0.4) is 0 Å². The van der Waals surface area contributed by atoms with Crippen LogP contribution < -0.4 is 5.32 Å². The van der Waals surface area contributed by atoms with Crippen LogP contribution in [0.5, 0.6) is 0 Å². The number of aromatic nitrogens is 1. The van der Waals surface area contributed by atoms with Crippen molar-refractivity contribution in [2.75, 3.05) is 0 Å².